The van der Waals surface area contributed by atoms with E-state index in [9.17, 15) is 0 Å². The maximum Gasteiger partial charge on any atom is 0.194 e. The van der Waals surface area contributed by atoms with E-state index in [1.807, 2.05) is 26.0 Å². The van der Waals surface area contributed by atoms with Crippen molar-refractivity contribution in [3.05, 3.63) is 51.9 Å². The molecule has 0 amide bonds. The van der Waals surface area contributed by atoms with Gasteiger partial charge in [0.1, 0.15) is 5.76 Å². The predicted molar refractivity (Wildman–Crippen MR) is 114 cm³/mol. The van der Waals surface area contributed by atoms with Crippen LogP contribution in [-0.4, -0.2) is 60.2 Å². The first-order valence-corrected chi connectivity index (χ1v) is 10.4. The van der Waals surface area contributed by atoms with Crippen molar-refractivity contribution >= 4 is 17.6 Å². The van der Waals surface area contributed by atoms with E-state index in [1.54, 1.807) is 0 Å². The fraction of sp³-hybridized carbons (Fsp3) is 0.524. The summed E-state index contributed by atoms with van der Waals surface area (Å²) in [6.07, 6.45) is 0.854. The van der Waals surface area contributed by atoms with Crippen LogP contribution < -0.4 is 5.32 Å². The summed E-state index contributed by atoms with van der Waals surface area (Å²) < 4.78 is 5.25. The van der Waals surface area contributed by atoms with Gasteiger partial charge < -0.3 is 14.7 Å². The van der Waals surface area contributed by atoms with Gasteiger partial charge in [-0.25, -0.2) is 0 Å². The molecule has 0 unspecified atom stereocenters. The lowest BCUT2D eigenvalue weighted by molar-refractivity contribution is 0.172. The summed E-state index contributed by atoms with van der Waals surface area (Å²) in [7, 11) is 0. The maximum absolute atomic E-state index is 5.98. The third-order valence-corrected chi connectivity index (χ3v) is 5.38. The standard InChI is InChI=1S/C21H30ClN5O/c1-4-23-21(24-10-9-20-16(2)25-28-17(20)3)27-13-11-26(12-14-27)15-18-5-7-19(22)8-6-18/h5-8H,4,9-15H2,1-3H3,(H,23,24). The molecule has 0 spiro atoms. The van der Waals surface area contributed by atoms with Crippen LogP contribution in [-0.2, 0) is 13.0 Å². The van der Waals surface area contributed by atoms with Crippen LogP contribution >= 0.6 is 11.6 Å². The Morgan fingerprint density at radius 3 is 2.50 bits per heavy atom. The molecule has 28 heavy (non-hydrogen) atoms. The van der Waals surface area contributed by atoms with Crippen molar-refractivity contribution in [3.63, 3.8) is 0 Å². The second-order valence-electron chi connectivity index (χ2n) is 7.18. The van der Waals surface area contributed by atoms with Gasteiger partial charge in [0.25, 0.3) is 0 Å². The summed E-state index contributed by atoms with van der Waals surface area (Å²) >= 11 is 5.98. The lowest BCUT2D eigenvalue weighted by atomic mass is 10.1. The molecule has 1 aliphatic rings. The Morgan fingerprint density at radius 2 is 1.89 bits per heavy atom. The minimum Gasteiger partial charge on any atom is -0.361 e. The first-order valence-electron chi connectivity index (χ1n) is 9.98. The Bertz CT molecular complexity index is 759. The molecule has 3 rings (SSSR count). The van der Waals surface area contributed by atoms with Crippen molar-refractivity contribution in [2.45, 2.75) is 33.7 Å². The number of nitrogens with one attached hydrogen (secondary N) is 1. The first kappa shape index (κ1) is 20.7. The molecule has 2 heterocycles. The summed E-state index contributed by atoms with van der Waals surface area (Å²) in [6, 6.07) is 8.13. The summed E-state index contributed by atoms with van der Waals surface area (Å²) in [6.45, 7) is 12.6. The molecule has 7 heteroatoms. The van der Waals surface area contributed by atoms with Gasteiger partial charge in [-0.05, 0) is 44.9 Å². The van der Waals surface area contributed by atoms with Gasteiger partial charge in [0.05, 0.1) is 5.69 Å². The normalized spacial score (nSPS) is 15.9. The summed E-state index contributed by atoms with van der Waals surface area (Å²) in [5.74, 6) is 1.90. The van der Waals surface area contributed by atoms with Gasteiger partial charge in [0, 0.05) is 56.4 Å². The number of benzene rings is 1. The van der Waals surface area contributed by atoms with Gasteiger partial charge >= 0.3 is 0 Å². The fourth-order valence-corrected chi connectivity index (χ4v) is 3.65. The smallest absolute Gasteiger partial charge is 0.194 e. The predicted octanol–water partition coefficient (Wildman–Crippen LogP) is 3.27. The Labute approximate surface area is 172 Å². The summed E-state index contributed by atoms with van der Waals surface area (Å²) in [5.41, 5.74) is 3.44. The van der Waals surface area contributed by atoms with E-state index in [1.165, 1.54) is 11.1 Å². The molecule has 0 aliphatic carbocycles. The minimum absolute atomic E-state index is 0.732. The highest BCUT2D eigenvalue weighted by Crippen LogP contribution is 2.14. The van der Waals surface area contributed by atoms with Gasteiger partial charge in [-0.2, -0.15) is 0 Å². The molecule has 6 nitrogen and oxygen atoms in total. The molecule has 152 valence electrons. The lowest BCUT2D eigenvalue weighted by Crippen LogP contribution is -2.52. The van der Waals surface area contributed by atoms with Crippen LogP contribution in [0.3, 0.4) is 0 Å². The number of rotatable bonds is 6. The monoisotopic (exact) mass is 403 g/mol. The highest BCUT2D eigenvalue weighted by molar-refractivity contribution is 6.30. The molecule has 1 saturated heterocycles. The second-order valence-corrected chi connectivity index (χ2v) is 7.61. The molecule has 1 N–H and O–H groups in total. The molecule has 0 radical (unpaired) electrons. The number of halogens is 1. The molecular formula is C21H30ClN5O. The number of hydrogen-bond acceptors (Lipinski definition) is 4. The van der Waals surface area contributed by atoms with Gasteiger partial charge in [-0.3, -0.25) is 9.89 Å². The zero-order valence-corrected chi connectivity index (χ0v) is 17.8. The molecule has 0 bridgehead atoms. The number of aryl methyl sites for hydroxylation is 2. The Hall–Kier alpha value is -2.05. The zero-order chi connectivity index (χ0) is 19.9. The highest BCUT2D eigenvalue weighted by atomic mass is 35.5. The van der Waals surface area contributed by atoms with E-state index in [0.29, 0.717) is 0 Å². The average Bonchev–Trinajstić information content (AvgIpc) is 3.02. The van der Waals surface area contributed by atoms with Crippen molar-refractivity contribution in [1.82, 2.24) is 20.3 Å². The zero-order valence-electron chi connectivity index (χ0n) is 17.0. The fourth-order valence-electron chi connectivity index (χ4n) is 3.52. The molecule has 1 aliphatic heterocycles. The van der Waals surface area contributed by atoms with Crippen LogP contribution in [0.5, 0.6) is 0 Å². The lowest BCUT2D eigenvalue weighted by Gasteiger charge is -2.36. The molecule has 0 atom stereocenters. The van der Waals surface area contributed by atoms with Crippen LogP contribution in [0.2, 0.25) is 5.02 Å². The van der Waals surface area contributed by atoms with E-state index in [-0.39, 0.29) is 0 Å². The van der Waals surface area contributed by atoms with Crippen molar-refractivity contribution < 1.29 is 4.52 Å². The average molecular weight is 404 g/mol. The quantitative estimate of drug-likeness (QED) is 0.592. The Kier molecular flexibility index (Phi) is 7.34. The summed E-state index contributed by atoms with van der Waals surface area (Å²) in [4.78, 5) is 9.68. The van der Waals surface area contributed by atoms with Crippen LogP contribution in [0.15, 0.2) is 33.8 Å². The molecular weight excluding hydrogens is 374 g/mol. The molecule has 2 aromatic rings. The van der Waals surface area contributed by atoms with E-state index < -0.39 is 0 Å². The largest absolute Gasteiger partial charge is 0.361 e. The number of nitrogens with zero attached hydrogens (tertiary/aromatic N) is 4. The van der Waals surface area contributed by atoms with Crippen LogP contribution in [0.1, 0.15) is 29.5 Å². The van der Waals surface area contributed by atoms with E-state index >= 15 is 0 Å². The number of aromatic nitrogens is 1. The number of guanidine groups is 1. The van der Waals surface area contributed by atoms with E-state index in [0.717, 1.165) is 74.7 Å². The Balaban J connectivity index is 1.52. The van der Waals surface area contributed by atoms with Crippen LogP contribution in [0, 0.1) is 13.8 Å². The highest BCUT2D eigenvalue weighted by Gasteiger charge is 2.19. The third kappa shape index (κ3) is 5.49. The van der Waals surface area contributed by atoms with Crippen molar-refractivity contribution in [2.24, 2.45) is 4.99 Å². The molecule has 1 aromatic carbocycles. The van der Waals surface area contributed by atoms with Crippen molar-refractivity contribution in [2.75, 3.05) is 39.3 Å². The van der Waals surface area contributed by atoms with Gasteiger partial charge in [-0.15, -0.1) is 0 Å². The Morgan fingerprint density at radius 1 is 1.18 bits per heavy atom. The van der Waals surface area contributed by atoms with E-state index in [4.69, 9.17) is 21.1 Å². The third-order valence-electron chi connectivity index (χ3n) is 5.13. The molecule has 1 aromatic heterocycles. The maximum atomic E-state index is 5.98. The SMILES string of the molecule is CCNC(=NCCc1c(C)noc1C)N1CCN(Cc2ccc(Cl)cc2)CC1. The van der Waals surface area contributed by atoms with Crippen molar-refractivity contribution in [1.29, 1.82) is 0 Å². The minimum atomic E-state index is 0.732. The van der Waals surface area contributed by atoms with E-state index in [2.05, 4.69) is 39.3 Å². The molecule has 1 fully saturated rings. The second kappa shape index (κ2) is 9.94. The topological polar surface area (TPSA) is 56.9 Å². The van der Waals surface area contributed by atoms with Crippen LogP contribution in [0.4, 0.5) is 0 Å². The molecule has 0 saturated carbocycles. The number of aliphatic imine (C=N–C) groups is 1. The summed E-state index contributed by atoms with van der Waals surface area (Å²) in [5, 5.41) is 8.25. The van der Waals surface area contributed by atoms with Gasteiger partial charge in [0.2, 0.25) is 0 Å². The number of hydrogen-bond donors (Lipinski definition) is 1. The first-order chi connectivity index (χ1) is 13.6. The number of piperazine rings is 1. The van der Waals surface area contributed by atoms with Gasteiger partial charge in [0.15, 0.2) is 5.96 Å². The van der Waals surface area contributed by atoms with Crippen LogP contribution in [0.25, 0.3) is 0 Å². The van der Waals surface area contributed by atoms with Crippen molar-refractivity contribution in [3.8, 4) is 0 Å². The van der Waals surface area contributed by atoms with Gasteiger partial charge in [-0.1, -0.05) is 28.9 Å².